The summed E-state index contributed by atoms with van der Waals surface area (Å²) in [5.74, 6) is 7.00. The lowest BCUT2D eigenvalue weighted by Gasteiger charge is -2.11. The van der Waals surface area contributed by atoms with Gasteiger partial charge in [0.15, 0.2) is 5.82 Å². The molecule has 0 aliphatic heterocycles. The summed E-state index contributed by atoms with van der Waals surface area (Å²) in [6.45, 7) is 6.23. The molecular weight excluding hydrogens is 266 g/mol. The first kappa shape index (κ1) is 15.1. The van der Waals surface area contributed by atoms with Gasteiger partial charge >= 0.3 is 0 Å². The monoisotopic (exact) mass is 285 g/mol. The maximum absolute atomic E-state index is 8.83. The number of nitrogens with zero attached hydrogens (tertiary/aromatic N) is 3. The highest BCUT2D eigenvalue weighted by molar-refractivity contribution is 5.48. The largest absolute Gasteiger partial charge is 0.484 e. The van der Waals surface area contributed by atoms with Crippen LogP contribution in [0, 0.1) is 18.8 Å². The summed E-state index contributed by atoms with van der Waals surface area (Å²) in [5, 5.41) is 13.0. The van der Waals surface area contributed by atoms with Crippen molar-refractivity contribution in [1.82, 2.24) is 14.8 Å². The van der Waals surface area contributed by atoms with Gasteiger partial charge in [0.2, 0.25) is 0 Å². The van der Waals surface area contributed by atoms with E-state index >= 15 is 0 Å². The smallest absolute Gasteiger partial charge is 0.165 e. The lowest BCUT2D eigenvalue weighted by atomic mass is 10.1. The zero-order chi connectivity index (χ0) is 15.2. The van der Waals surface area contributed by atoms with Crippen molar-refractivity contribution < 1.29 is 9.84 Å². The third-order valence-electron chi connectivity index (χ3n) is 2.93. The summed E-state index contributed by atoms with van der Waals surface area (Å²) in [6, 6.07) is 6.02. The van der Waals surface area contributed by atoms with Gasteiger partial charge in [-0.1, -0.05) is 17.9 Å². The number of aromatic nitrogens is 3. The van der Waals surface area contributed by atoms with Gasteiger partial charge in [-0.2, -0.15) is 5.10 Å². The van der Waals surface area contributed by atoms with E-state index in [2.05, 4.69) is 21.9 Å². The van der Waals surface area contributed by atoms with Crippen LogP contribution in [0.5, 0.6) is 5.75 Å². The van der Waals surface area contributed by atoms with Crippen LogP contribution in [-0.2, 0) is 6.61 Å². The fraction of sp³-hybridized carbons (Fsp3) is 0.375. The van der Waals surface area contributed by atoms with Gasteiger partial charge in [-0.15, -0.1) is 0 Å². The van der Waals surface area contributed by atoms with Gasteiger partial charge in [0, 0.05) is 6.04 Å². The topological polar surface area (TPSA) is 60.2 Å². The van der Waals surface area contributed by atoms with Crippen LogP contribution in [0.1, 0.15) is 36.8 Å². The molecule has 0 saturated carbocycles. The minimum atomic E-state index is -0.172. The van der Waals surface area contributed by atoms with Crippen molar-refractivity contribution in [3.63, 3.8) is 0 Å². The Morgan fingerprint density at radius 2 is 2.19 bits per heavy atom. The average Bonchev–Trinajstić information content (AvgIpc) is 2.92. The second-order valence-electron chi connectivity index (χ2n) is 4.96. The Labute approximate surface area is 124 Å². The molecular formula is C16H19N3O2. The number of aliphatic hydroxyl groups is 1. The number of ether oxygens (including phenoxy) is 1. The molecule has 0 unspecified atom stereocenters. The molecule has 1 aromatic heterocycles. The van der Waals surface area contributed by atoms with E-state index in [9.17, 15) is 0 Å². The van der Waals surface area contributed by atoms with Crippen LogP contribution < -0.4 is 4.74 Å². The fourth-order valence-corrected chi connectivity index (χ4v) is 1.95. The number of rotatable bonds is 4. The van der Waals surface area contributed by atoms with Crippen molar-refractivity contribution in [2.24, 2.45) is 0 Å². The van der Waals surface area contributed by atoms with Crippen molar-refractivity contribution in [2.45, 2.75) is 33.4 Å². The molecule has 0 fully saturated rings. The van der Waals surface area contributed by atoms with Crippen LogP contribution in [0.4, 0.5) is 0 Å². The Morgan fingerprint density at radius 3 is 2.90 bits per heavy atom. The summed E-state index contributed by atoms with van der Waals surface area (Å²) >= 11 is 0. The van der Waals surface area contributed by atoms with E-state index in [1.165, 1.54) is 6.33 Å². The number of aryl methyl sites for hydroxylation is 1. The minimum absolute atomic E-state index is 0.172. The van der Waals surface area contributed by atoms with Gasteiger partial charge in [-0.05, 0) is 38.5 Å². The van der Waals surface area contributed by atoms with E-state index in [0.717, 1.165) is 17.0 Å². The second-order valence-corrected chi connectivity index (χ2v) is 4.96. The third kappa shape index (κ3) is 3.83. The summed E-state index contributed by atoms with van der Waals surface area (Å²) in [6.07, 6.45) is 1.53. The number of hydrogen-bond donors (Lipinski definition) is 1. The van der Waals surface area contributed by atoms with Crippen LogP contribution in [0.3, 0.4) is 0 Å². The van der Waals surface area contributed by atoms with Gasteiger partial charge < -0.3 is 9.84 Å². The lowest BCUT2D eigenvalue weighted by Crippen LogP contribution is -2.11. The van der Waals surface area contributed by atoms with Gasteiger partial charge in [0.05, 0.1) is 5.56 Å². The molecule has 2 aromatic rings. The maximum atomic E-state index is 8.83. The predicted molar refractivity (Wildman–Crippen MR) is 79.9 cm³/mol. The van der Waals surface area contributed by atoms with E-state index in [0.29, 0.717) is 12.4 Å². The van der Waals surface area contributed by atoms with E-state index in [1.54, 1.807) is 0 Å². The van der Waals surface area contributed by atoms with Crippen molar-refractivity contribution >= 4 is 0 Å². The van der Waals surface area contributed by atoms with Crippen LogP contribution >= 0.6 is 0 Å². The molecule has 0 radical (unpaired) electrons. The summed E-state index contributed by atoms with van der Waals surface area (Å²) < 4.78 is 7.64. The summed E-state index contributed by atoms with van der Waals surface area (Å²) in [7, 11) is 0. The van der Waals surface area contributed by atoms with E-state index in [1.807, 2.05) is 43.7 Å². The molecule has 2 rings (SSSR count). The van der Waals surface area contributed by atoms with Gasteiger partial charge in [-0.25, -0.2) is 9.67 Å². The van der Waals surface area contributed by atoms with E-state index < -0.39 is 0 Å². The zero-order valence-corrected chi connectivity index (χ0v) is 12.5. The van der Waals surface area contributed by atoms with E-state index in [-0.39, 0.29) is 12.6 Å². The summed E-state index contributed by atoms with van der Waals surface area (Å²) in [4.78, 5) is 4.21. The van der Waals surface area contributed by atoms with Crippen LogP contribution in [0.2, 0.25) is 0 Å². The summed E-state index contributed by atoms with van der Waals surface area (Å²) in [5.41, 5.74) is 1.86. The molecule has 1 aromatic carbocycles. The lowest BCUT2D eigenvalue weighted by molar-refractivity contribution is 0.281. The third-order valence-corrected chi connectivity index (χ3v) is 2.93. The molecule has 5 heteroatoms. The quantitative estimate of drug-likeness (QED) is 0.874. The SMILES string of the molecule is Cc1ccc(OCc2ncnn2C(C)C)c(C#CCO)c1. The molecule has 5 nitrogen and oxygen atoms in total. The van der Waals surface area contributed by atoms with Crippen LogP contribution in [0.25, 0.3) is 0 Å². The standard InChI is InChI=1S/C16H19N3O2/c1-12(2)19-16(17-11-18-19)10-21-15-7-6-13(3)9-14(15)5-4-8-20/h6-7,9,11-12,20H,8,10H2,1-3H3. The highest BCUT2D eigenvalue weighted by atomic mass is 16.5. The first-order chi connectivity index (χ1) is 10.1. The highest BCUT2D eigenvalue weighted by Gasteiger charge is 2.09. The molecule has 1 heterocycles. The van der Waals surface area contributed by atoms with Gasteiger partial charge in [0.1, 0.15) is 25.3 Å². The molecule has 110 valence electrons. The molecule has 0 atom stereocenters. The molecule has 0 spiro atoms. The van der Waals surface area contributed by atoms with Crippen LogP contribution in [0.15, 0.2) is 24.5 Å². The molecule has 0 saturated heterocycles. The molecule has 0 aliphatic carbocycles. The van der Waals surface area contributed by atoms with Gasteiger partial charge in [-0.3, -0.25) is 0 Å². The van der Waals surface area contributed by atoms with Crippen molar-refractivity contribution in [2.75, 3.05) is 6.61 Å². The predicted octanol–water partition coefficient (Wildman–Crippen LogP) is 2.09. The fourth-order valence-electron chi connectivity index (χ4n) is 1.95. The molecule has 0 bridgehead atoms. The van der Waals surface area contributed by atoms with Crippen molar-refractivity contribution in [3.8, 4) is 17.6 Å². The van der Waals surface area contributed by atoms with Gasteiger partial charge in [0.25, 0.3) is 0 Å². The molecule has 21 heavy (non-hydrogen) atoms. The second kappa shape index (κ2) is 6.91. The zero-order valence-electron chi connectivity index (χ0n) is 12.5. The van der Waals surface area contributed by atoms with E-state index in [4.69, 9.17) is 9.84 Å². The highest BCUT2D eigenvalue weighted by Crippen LogP contribution is 2.20. The minimum Gasteiger partial charge on any atom is -0.484 e. The number of aliphatic hydroxyl groups excluding tert-OH is 1. The first-order valence-electron chi connectivity index (χ1n) is 6.83. The average molecular weight is 285 g/mol. The first-order valence-corrected chi connectivity index (χ1v) is 6.83. The van der Waals surface area contributed by atoms with Crippen LogP contribution in [-0.4, -0.2) is 26.5 Å². The Kier molecular flexibility index (Phi) is 4.96. The van der Waals surface area contributed by atoms with Crippen molar-refractivity contribution in [3.05, 3.63) is 41.5 Å². The normalized spacial score (nSPS) is 10.3. The Hall–Kier alpha value is -2.32. The number of benzene rings is 1. The van der Waals surface area contributed by atoms with Crippen molar-refractivity contribution in [1.29, 1.82) is 0 Å². The molecule has 1 N–H and O–H groups in total. The Bertz CT molecular complexity index is 666. The Morgan fingerprint density at radius 1 is 1.38 bits per heavy atom. The molecule has 0 aliphatic rings. The maximum Gasteiger partial charge on any atom is 0.165 e. The number of hydrogen-bond acceptors (Lipinski definition) is 4. The Balaban J connectivity index is 2.18. The molecule has 0 amide bonds.